The Balaban J connectivity index is 1.65. The second kappa shape index (κ2) is 7.49. The fourth-order valence-electron chi connectivity index (χ4n) is 2.56. The van der Waals surface area contributed by atoms with Crippen molar-refractivity contribution in [2.24, 2.45) is 5.73 Å². The molecule has 3 aromatic rings. The van der Waals surface area contributed by atoms with Crippen LogP contribution >= 0.6 is 11.3 Å². The molecule has 0 saturated heterocycles. The van der Waals surface area contributed by atoms with Gasteiger partial charge in [0.25, 0.3) is 0 Å². The molecule has 0 aliphatic rings. The largest absolute Gasteiger partial charge is 0.329 e. The molecule has 22 heavy (non-hydrogen) atoms. The fraction of sp³-hybridized carbons (Fsp3) is 0.278. The summed E-state index contributed by atoms with van der Waals surface area (Å²) < 4.78 is 1.26. The van der Waals surface area contributed by atoms with Gasteiger partial charge in [-0.2, -0.15) is 0 Å². The molecule has 0 aliphatic heterocycles. The lowest BCUT2D eigenvalue weighted by molar-refractivity contribution is 0.276. The van der Waals surface area contributed by atoms with Crippen molar-refractivity contribution >= 4 is 21.6 Å². The molecule has 3 nitrogen and oxygen atoms in total. The molecule has 0 atom stereocenters. The third-order valence-electron chi connectivity index (χ3n) is 3.70. The van der Waals surface area contributed by atoms with Crippen molar-refractivity contribution in [3.63, 3.8) is 0 Å². The van der Waals surface area contributed by atoms with Crippen LogP contribution in [0.2, 0.25) is 0 Å². The van der Waals surface area contributed by atoms with E-state index in [0.717, 1.165) is 31.6 Å². The van der Waals surface area contributed by atoms with Crippen molar-refractivity contribution in [1.29, 1.82) is 0 Å². The van der Waals surface area contributed by atoms with Crippen LogP contribution in [0.5, 0.6) is 0 Å². The van der Waals surface area contributed by atoms with E-state index in [4.69, 9.17) is 10.7 Å². The van der Waals surface area contributed by atoms with Crippen molar-refractivity contribution < 1.29 is 0 Å². The van der Waals surface area contributed by atoms with Crippen LogP contribution < -0.4 is 5.73 Å². The zero-order chi connectivity index (χ0) is 15.2. The van der Waals surface area contributed by atoms with Crippen LogP contribution in [-0.2, 0) is 13.0 Å². The first-order valence-corrected chi connectivity index (χ1v) is 8.47. The highest BCUT2D eigenvalue weighted by Crippen LogP contribution is 2.22. The lowest BCUT2D eigenvalue weighted by atomic mass is 10.1. The smallest absolute Gasteiger partial charge is 0.108 e. The third-order valence-corrected chi connectivity index (χ3v) is 4.72. The van der Waals surface area contributed by atoms with E-state index in [1.807, 2.05) is 6.07 Å². The van der Waals surface area contributed by atoms with Crippen molar-refractivity contribution in [1.82, 2.24) is 9.88 Å². The SMILES string of the molecule is NCCN(CCc1ccccc1)Cc1nc2ccccc2s1. The number of hydrogen-bond acceptors (Lipinski definition) is 4. The Morgan fingerprint density at radius 3 is 2.50 bits per heavy atom. The van der Waals surface area contributed by atoms with E-state index in [-0.39, 0.29) is 0 Å². The average molecular weight is 311 g/mol. The first kappa shape index (κ1) is 15.2. The zero-order valence-corrected chi connectivity index (χ0v) is 13.4. The maximum Gasteiger partial charge on any atom is 0.108 e. The summed E-state index contributed by atoms with van der Waals surface area (Å²) in [6, 6.07) is 18.9. The molecule has 0 aliphatic carbocycles. The number of hydrogen-bond donors (Lipinski definition) is 1. The Morgan fingerprint density at radius 1 is 0.955 bits per heavy atom. The first-order valence-electron chi connectivity index (χ1n) is 7.66. The molecular formula is C18H21N3S. The molecule has 0 spiro atoms. The van der Waals surface area contributed by atoms with Gasteiger partial charge in [0, 0.05) is 19.6 Å². The molecule has 0 fully saturated rings. The van der Waals surface area contributed by atoms with E-state index < -0.39 is 0 Å². The molecule has 0 unspecified atom stereocenters. The van der Waals surface area contributed by atoms with Gasteiger partial charge in [0.05, 0.1) is 16.8 Å². The van der Waals surface area contributed by atoms with Gasteiger partial charge in [-0.3, -0.25) is 4.90 Å². The molecule has 4 heteroatoms. The van der Waals surface area contributed by atoms with E-state index in [0.29, 0.717) is 6.54 Å². The van der Waals surface area contributed by atoms with Gasteiger partial charge in [-0.05, 0) is 24.1 Å². The lowest BCUT2D eigenvalue weighted by Gasteiger charge is -2.20. The predicted octanol–water partition coefficient (Wildman–Crippen LogP) is 3.30. The lowest BCUT2D eigenvalue weighted by Crippen LogP contribution is -2.31. The number of para-hydroxylation sites is 1. The highest BCUT2D eigenvalue weighted by atomic mass is 32.1. The van der Waals surface area contributed by atoms with Gasteiger partial charge in [-0.25, -0.2) is 4.98 Å². The van der Waals surface area contributed by atoms with Crippen LogP contribution in [0.4, 0.5) is 0 Å². The summed E-state index contributed by atoms with van der Waals surface area (Å²) in [5.41, 5.74) is 8.23. The summed E-state index contributed by atoms with van der Waals surface area (Å²) in [5.74, 6) is 0. The van der Waals surface area contributed by atoms with Gasteiger partial charge in [0.15, 0.2) is 0 Å². The van der Waals surface area contributed by atoms with E-state index >= 15 is 0 Å². The number of rotatable bonds is 7. The standard InChI is InChI=1S/C18H21N3S/c19-11-13-21(12-10-15-6-2-1-3-7-15)14-18-20-16-8-4-5-9-17(16)22-18/h1-9H,10-14,19H2. The Labute approximate surface area is 135 Å². The first-order chi connectivity index (χ1) is 10.8. The number of nitrogens with zero attached hydrogens (tertiary/aromatic N) is 2. The van der Waals surface area contributed by atoms with E-state index in [1.165, 1.54) is 15.3 Å². The van der Waals surface area contributed by atoms with Crippen molar-refractivity contribution in [3.8, 4) is 0 Å². The highest BCUT2D eigenvalue weighted by molar-refractivity contribution is 7.18. The molecular weight excluding hydrogens is 290 g/mol. The number of fused-ring (bicyclic) bond motifs is 1. The minimum atomic E-state index is 0.680. The van der Waals surface area contributed by atoms with Gasteiger partial charge in [-0.15, -0.1) is 11.3 Å². The normalized spacial score (nSPS) is 11.4. The van der Waals surface area contributed by atoms with Crippen LogP contribution in [-0.4, -0.2) is 29.5 Å². The van der Waals surface area contributed by atoms with Gasteiger partial charge >= 0.3 is 0 Å². The monoisotopic (exact) mass is 311 g/mol. The molecule has 0 radical (unpaired) electrons. The van der Waals surface area contributed by atoms with Gasteiger partial charge in [-0.1, -0.05) is 42.5 Å². The Morgan fingerprint density at radius 2 is 1.73 bits per heavy atom. The summed E-state index contributed by atoms with van der Waals surface area (Å²) in [6.45, 7) is 3.48. The minimum absolute atomic E-state index is 0.680. The summed E-state index contributed by atoms with van der Waals surface area (Å²) >= 11 is 1.78. The Bertz CT molecular complexity index is 675. The summed E-state index contributed by atoms with van der Waals surface area (Å²) in [5, 5.41) is 1.17. The molecule has 1 aromatic heterocycles. The fourth-order valence-corrected chi connectivity index (χ4v) is 3.57. The zero-order valence-electron chi connectivity index (χ0n) is 12.6. The Hall–Kier alpha value is -1.75. The second-order valence-electron chi connectivity index (χ2n) is 5.38. The summed E-state index contributed by atoms with van der Waals surface area (Å²) in [7, 11) is 0. The van der Waals surface area contributed by atoms with Crippen LogP contribution in [0.15, 0.2) is 54.6 Å². The van der Waals surface area contributed by atoms with Crippen molar-refractivity contribution in [2.45, 2.75) is 13.0 Å². The molecule has 2 N–H and O–H groups in total. The molecule has 114 valence electrons. The van der Waals surface area contributed by atoms with E-state index in [9.17, 15) is 0 Å². The highest BCUT2D eigenvalue weighted by Gasteiger charge is 2.09. The molecule has 3 rings (SSSR count). The third kappa shape index (κ3) is 3.91. The Kier molecular flexibility index (Phi) is 5.16. The average Bonchev–Trinajstić information content (AvgIpc) is 2.96. The topological polar surface area (TPSA) is 42.1 Å². The van der Waals surface area contributed by atoms with E-state index in [1.54, 1.807) is 11.3 Å². The summed E-state index contributed by atoms with van der Waals surface area (Å²) in [4.78, 5) is 7.12. The summed E-state index contributed by atoms with van der Waals surface area (Å²) in [6.07, 6.45) is 1.05. The van der Waals surface area contributed by atoms with Crippen LogP contribution in [0.1, 0.15) is 10.6 Å². The van der Waals surface area contributed by atoms with Crippen LogP contribution in [0, 0.1) is 0 Å². The number of nitrogens with two attached hydrogens (primary N) is 1. The van der Waals surface area contributed by atoms with Gasteiger partial charge < -0.3 is 5.73 Å². The molecule has 2 aromatic carbocycles. The number of thiazole rings is 1. The van der Waals surface area contributed by atoms with Gasteiger partial charge in [0.2, 0.25) is 0 Å². The quantitative estimate of drug-likeness (QED) is 0.728. The molecule has 0 amide bonds. The second-order valence-corrected chi connectivity index (χ2v) is 6.49. The van der Waals surface area contributed by atoms with Gasteiger partial charge in [0.1, 0.15) is 5.01 Å². The van der Waals surface area contributed by atoms with Crippen molar-refractivity contribution in [2.75, 3.05) is 19.6 Å². The minimum Gasteiger partial charge on any atom is -0.329 e. The van der Waals surface area contributed by atoms with E-state index in [2.05, 4.69) is 53.4 Å². The molecule has 0 saturated carbocycles. The number of aromatic nitrogens is 1. The predicted molar refractivity (Wildman–Crippen MR) is 94.1 cm³/mol. The maximum atomic E-state index is 5.77. The molecule has 0 bridgehead atoms. The number of benzene rings is 2. The van der Waals surface area contributed by atoms with Crippen LogP contribution in [0.3, 0.4) is 0 Å². The van der Waals surface area contributed by atoms with Crippen LogP contribution in [0.25, 0.3) is 10.2 Å². The van der Waals surface area contributed by atoms with Crippen molar-refractivity contribution in [3.05, 3.63) is 65.2 Å². The maximum absolute atomic E-state index is 5.77. The molecule has 1 heterocycles.